The zero-order valence-corrected chi connectivity index (χ0v) is 12.9. The summed E-state index contributed by atoms with van der Waals surface area (Å²) in [6.45, 7) is 0. The van der Waals surface area contributed by atoms with E-state index in [-0.39, 0.29) is 0 Å². The van der Waals surface area contributed by atoms with Gasteiger partial charge < -0.3 is 4.74 Å². The van der Waals surface area contributed by atoms with Crippen LogP contribution in [0.4, 0.5) is 0 Å². The number of benzene rings is 2. The summed E-state index contributed by atoms with van der Waals surface area (Å²) in [5.74, 6) is 0.00523. The molecule has 2 aromatic carbocycles. The first-order chi connectivity index (χ1) is 8.58. The fourth-order valence-corrected chi connectivity index (χ4v) is 2.55. The summed E-state index contributed by atoms with van der Waals surface area (Å²) in [5, 5.41) is 0.572. The van der Waals surface area contributed by atoms with Gasteiger partial charge in [-0.25, -0.2) is 4.79 Å². The minimum atomic E-state index is -0.425. The van der Waals surface area contributed by atoms with E-state index < -0.39 is 5.97 Å². The molecule has 0 unspecified atom stereocenters. The van der Waals surface area contributed by atoms with E-state index in [1.165, 1.54) is 0 Å². The monoisotopic (exact) mass is 388 g/mol. The summed E-state index contributed by atoms with van der Waals surface area (Å²) in [6, 6.07) is 12.1. The van der Waals surface area contributed by atoms with E-state index in [2.05, 4.69) is 31.9 Å². The number of hydrogen-bond donors (Lipinski definition) is 0. The van der Waals surface area contributed by atoms with Crippen molar-refractivity contribution >= 4 is 49.4 Å². The molecule has 0 aliphatic carbocycles. The van der Waals surface area contributed by atoms with Crippen LogP contribution in [0.3, 0.4) is 0 Å². The molecule has 0 spiro atoms. The summed E-state index contributed by atoms with van der Waals surface area (Å²) < 4.78 is 6.62. The molecule has 0 atom stereocenters. The van der Waals surface area contributed by atoms with Gasteiger partial charge in [-0.05, 0) is 62.2 Å². The first-order valence-corrected chi connectivity index (χ1v) is 6.96. The lowest BCUT2D eigenvalue weighted by atomic mass is 10.2. The molecular weight excluding hydrogens is 383 g/mol. The molecule has 0 fully saturated rings. The van der Waals surface area contributed by atoms with E-state index >= 15 is 0 Å². The molecule has 92 valence electrons. The Morgan fingerprint density at radius 2 is 1.78 bits per heavy atom. The normalized spacial score (nSPS) is 10.2. The van der Waals surface area contributed by atoms with E-state index in [1.54, 1.807) is 36.4 Å². The highest BCUT2D eigenvalue weighted by Crippen LogP contribution is 2.29. The lowest BCUT2D eigenvalue weighted by molar-refractivity contribution is 0.0732. The Labute approximate surface area is 126 Å². The third-order valence-corrected chi connectivity index (χ3v) is 3.74. The van der Waals surface area contributed by atoms with Crippen molar-refractivity contribution in [1.82, 2.24) is 0 Å². The summed E-state index contributed by atoms with van der Waals surface area (Å²) in [5.41, 5.74) is 0.472. The highest BCUT2D eigenvalue weighted by atomic mass is 79.9. The molecule has 2 aromatic rings. The Kier molecular flexibility index (Phi) is 4.43. The average molecular weight is 390 g/mol. The van der Waals surface area contributed by atoms with Crippen molar-refractivity contribution in [3.8, 4) is 5.75 Å². The highest BCUT2D eigenvalue weighted by Gasteiger charge is 2.13. The van der Waals surface area contributed by atoms with Gasteiger partial charge in [-0.3, -0.25) is 0 Å². The predicted molar refractivity (Wildman–Crippen MR) is 78.3 cm³/mol. The van der Waals surface area contributed by atoms with Crippen LogP contribution in [0.25, 0.3) is 0 Å². The summed E-state index contributed by atoms with van der Waals surface area (Å²) >= 11 is 12.4. The number of esters is 1. The van der Waals surface area contributed by atoms with Crippen molar-refractivity contribution in [3.05, 3.63) is 62.0 Å². The van der Waals surface area contributed by atoms with Crippen LogP contribution in [0, 0.1) is 0 Å². The van der Waals surface area contributed by atoms with E-state index in [0.29, 0.717) is 25.3 Å². The molecule has 0 amide bonds. The van der Waals surface area contributed by atoms with Crippen LogP contribution in [-0.4, -0.2) is 5.97 Å². The Morgan fingerprint density at radius 3 is 2.44 bits per heavy atom. The Balaban J connectivity index is 2.24. The van der Waals surface area contributed by atoms with Gasteiger partial charge in [-0.2, -0.15) is 0 Å². The number of hydrogen-bond acceptors (Lipinski definition) is 2. The summed E-state index contributed by atoms with van der Waals surface area (Å²) in [4.78, 5) is 12.0. The molecule has 0 bridgehead atoms. The fraction of sp³-hybridized carbons (Fsp3) is 0. The van der Waals surface area contributed by atoms with Crippen molar-refractivity contribution in [2.75, 3.05) is 0 Å². The lowest BCUT2D eigenvalue weighted by Gasteiger charge is -2.07. The molecule has 0 saturated carbocycles. The van der Waals surface area contributed by atoms with Crippen LogP contribution in [0.1, 0.15) is 10.4 Å². The van der Waals surface area contributed by atoms with Gasteiger partial charge in [0.25, 0.3) is 0 Å². The molecule has 18 heavy (non-hydrogen) atoms. The SMILES string of the molecule is O=C(Oc1ccc(Cl)cc1Br)c1ccccc1Br. The molecule has 2 rings (SSSR count). The predicted octanol–water partition coefficient (Wildman–Crippen LogP) is 5.08. The van der Waals surface area contributed by atoms with Crippen molar-refractivity contribution in [3.63, 3.8) is 0 Å². The second-order valence-electron chi connectivity index (χ2n) is 3.44. The van der Waals surface area contributed by atoms with Crippen molar-refractivity contribution < 1.29 is 9.53 Å². The van der Waals surface area contributed by atoms with Crippen LogP contribution in [0.15, 0.2) is 51.4 Å². The maximum atomic E-state index is 12.0. The number of rotatable bonds is 2. The third kappa shape index (κ3) is 3.13. The number of carbonyl (C=O) groups excluding carboxylic acids is 1. The van der Waals surface area contributed by atoms with Crippen molar-refractivity contribution in [2.45, 2.75) is 0 Å². The molecule has 5 heteroatoms. The van der Waals surface area contributed by atoms with Gasteiger partial charge in [0.2, 0.25) is 0 Å². The first kappa shape index (κ1) is 13.6. The van der Waals surface area contributed by atoms with Crippen LogP contribution in [0.5, 0.6) is 5.75 Å². The van der Waals surface area contributed by atoms with Crippen molar-refractivity contribution in [1.29, 1.82) is 0 Å². The largest absolute Gasteiger partial charge is 0.422 e. The first-order valence-electron chi connectivity index (χ1n) is 4.99. The third-order valence-electron chi connectivity index (χ3n) is 2.19. The van der Waals surface area contributed by atoms with E-state index in [4.69, 9.17) is 16.3 Å². The number of carbonyl (C=O) groups is 1. The van der Waals surface area contributed by atoms with Gasteiger partial charge in [-0.1, -0.05) is 23.7 Å². The van der Waals surface area contributed by atoms with Crippen molar-refractivity contribution in [2.24, 2.45) is 0 Å². The highest BCUT2D eigenvalue weighted by molar-refractivity contribution is 9.10. The fourth-order valence-electron chi connectivity index (χ4n) is 1.34. The standard InChI is InChI=1S/C13H7Br2ClO2/c14-10-4-2-1-3-9(10)13(17)18-12-6-5-8(16)7-11(12)15/h1-7H. The van der Waals surface area contributed by atoms with Gasteiger partial charge in [0.05, 0.1) is 10.0 Å². The molecule has 0 aliphatic rings. The van der Waals surface area contributed by atoms with Gasteiger partial charge in [0.1, 0.15) is 5.75 Å². The number of halogens is 3. The Bertz CT molecular complexity index is 599. The molecule has 0 N–H and O–H groups in total. The second-order valence-corrected chi connectivity index (χ2v) is 5.59. The van der Waals surface area contributed by atoms with Crippen LogP contribution >= 0.6 is 43.5 Å². The maximum absolute atomic E-state index is 12.0. The van der Waals surface area contributed by atoms with E-state index in [1.807, 2.05) is 6.07 Å². The van der Waals surface area contributed by atoms with Gasteiger partial charge in [-0.15, -0.1) is 0 Å². The van der Waals surface area contributed by atoms with Gasteiger partial charge in [0, 0.05) is 9.50 Å². The van der Waals surface area contributed by atoms with Gasteiger partial charge in [0.15, 0.2) is 0 Å². The number of ether oxygens (including phenoxy) is 1. The Morgan fingerprint density at radius 1 is 1.06 bits per heavy atom. The Hall–Kier alpha value is -0.840. The molecule has 0 saturated heterocycles. The lowest BCUT2D eigenvalue weighted by Crippen LogP contribution is -2.09. The minimum absolute atomic E-state index is 0.425. The zero-order chi connectivity index (χ0) is 13.1. The second kappa shape index (κ2) is 5.87. The average Bonchev–Trinajstić information content (AvgIpc) is 2.33. The van der Waals surface area contributed by atoms with Crippen LogP contribution < -0.4 is 4.74 Å². The molecular formula is C13H7Br2ClO2. The molecule has 0 heterocycles. The smallest absolute Gasteiger partial charge is 0.344 e. The topological polar surface area (TPSA) is 26.3 Å². The summed E-state index contributed by atoms with van der Waals surface area (Å²) in [7, 11) is 0. The molecule has 0 aromatic heterocycles. The molecule has 0 radical (unpaired) electrons. The molecule has 0 aliphatic heterocycles. The molecule has 2 nitrogen and oxygen atoms in total. The summed E-state index contributed by atoms with van der Waals surface area (Å²) in [6.07, 6.45) is 0. The van der Waals surface area contributed by atoms with Crippen LogP contribution in [0.2, 0.25) is 5.02 Å². The maximum Gasteiger partial charge on any atom is 0.344 e. The minimum Gasteiger partial charge on any atom is -0.422 e. The van der Waals surface area contributed by atoms with E-state index in [0.717, 1.165) is 0 Å². The van der Waals surface area contributed by atoms with Crippen LogP contribution in [-0.2, 0) is 0 Å². The quantitative estimate of drug-likeness (QED) is 0.528. The van der Waals surface area contributed by atoms with Gasteiger partial charge >= 0.3 is 5.97 Å². The zero-order valence-electron chi connectivity index (χ0n) is 8.99. The van der Waals surface area contributed by atoms with E-state index in [9.17, 15) is 4.79 Å².